The molecule has 0 aromatic carbocycles. The van der Waals surface area contributed by atoms with Crippen molar-refractivity contribution in [2.75, 3.05) is 0 Å². The zero-order valence-electron chi connectivity index (χ0n) is 6.67. The van der Waals surface area contributed by atoms with E-state index in [4.69, 9.17) is 5.11 Å². The summed E-state index contributed by atoms with van der Waals surface area (Å²) in [6.45, 7) is 0. The second kappa shape index (κ2) is 2.63. The predicted molar refractivity (Wildman–Crippen MR) is 40.7 cm³/mol. The van der Waals surface area contributed by atoms with Crippen LogP contribution in [0.1, 0.15) is 5.76 Å². The minimum Gasteiger partial charge on any atom is -0.503 e. The van der Waals surface area contributed by atoms with E-state index >= 15 is 0 Å². The largest absolute Gasteiger partial charge is 0.503 e. The third-order valence-corrected chi connectivity index (χ3v) is 1.68. The van der Waals surface area contributed by atoms with Crippen LogP contribution in [0.25, 0.3) is 11.0 Å². The second-order valence-electron chi connectivity index (χ2n) is 2.69. The van der Waals surface area contributed by atoms with Gasteiger partial charge in [0.2, 0.25) is 5.76 Å². The molecule has 0 aliphatic rings. The van der Waals surface area contributed by atoms with Crippen LogP contribution in [0.15, 0.2) is 22.9 Å². The lowest BCUT2D eigenvalue weighted by Crippen LogP contribution is -2.01. The molecule has 6 heteroatoms. The molecule has 1 N–H and O–H groups in total. The normalized spacial score (nSPS) is 12.2. The average molecular weight is 203 g/mol. The van der Waals surface area contributed by atoms with Gasteiger partial charge < -0.3 is 9.52 Å². The second-order valence-corrected chi connectivity index (χ2v) is 2.69. The Morgan fingerprint density at radius 1 is 1.29 bits per heavy atom. The first-order valence-corrected chi connectivity index (χ1v) is 3.62. The molecule has 0 fully saturated rings. The van der Waals surface area contributed by atoms with Crippen molar-refractivity contribution in [1.82, 2.24) is 4.98 Å². The van der Waals surface area contributed by atoms with E-state index in [1.807, 2.05) is 0 Å². The number of hydrogen-bond acceptors (Lipinski definition) is 3. The van der Waals surface area contributed by atoms with E-state index in [1.165, 1.54) is 6.20 Å². The van der Waals surface area contributed by atoms with E-state index < -0.39 is 17.7 Å². The third-order valence-electron chi connectivity index (χ3n) is 1.68. The molecule has 0 radical (unpaired) electrons. The lowest BCUT2D eigenvalue weighted by Gasteiger charge is -1.99. The van der Waals surface area contributed by atoms with E-state index in [1.54, 1.807) is 0 Å². The Morgan fingerprint density at radius 2 is 2.00 bits per heavy atom. The Kier molecular flexibility index (Phi) is 1.67. The standard InChI is InChI=1S/C8H4F3NO2/c9-8(10,11)6-1-4-2-12-3-5(13)7(4)14-6/h1-3,13H. The molecule has 14 heavy (non-hydrogen) atoms. The van der Waals surface area contributed by atoms with Crippen LogP contribution in [0, 0.1) is 0 Å². The highest BCUT2D eigenvalue weighted by Gasteiger charge is 2.35. The van der Waals surface area contributed by atoms with E-state index in [0.29, 0.717) is 0 Å². The molecule has 74 valence electrons. The van der Waals surface area contributed by atoms with E-state index in [2.05, 4.69) is 9.40 Å². The molecule has 2 heterocycles. The molecule has 0 saturated carbocycles. The summed E-state index contributed by atoms with van der Waals surface area (Å²) in [4.78, 5) is 3.53. The van der Waals surface area contributed by atoms with Crippen LogP contribution in [0.3, 0.4) is 0 Å². The topological polar surface area (TPSA) is 46.3 Å². The van der Waals surface area contributed by atoms with Crippen LogP contribution < -0.4 is 0 Å². The lowest BCUT2D eigenvalue weighted by atomic mass is 10.3. The summed E-state index contributed by atoms with van der Waals surface area (Å²) < 4.78 is 40.9. The van der Waals surface area contributed by atoms with Crippen molar-refractivity contribution in [1.29, 1.82) is 0 Å². The molecule has 0 bridgehead atoms. The summed E-state index contributed by atoms with van der Waals surface area (Å²) in [6.07, 6.45) is -2.34. The van der Waals surface area contributed by atoms with Crippen molar-refractivity contribution in [3.8, 4) is 5.75 Å². The first-order valence-electron chi connectivity index (χ1n) is 3.62. The SMILES string of the molecule is Oc1cncc2cc(C(F)(F)F)oc12. The van der Waals surface area contributed by atoms with Crippen LogP contribution in [-0.2, 0) is 6.18 Å². The number of furan rings is 1. The maximum absolute atomic E-state index is 12.2. The fourth-order valence-corrected chi connectivity index (χ4v) is 1.09. The number of fused-ring (bicyclic) bond motifs is 1. The van der Waals surface area contributed by atoms with Crippen LogP contribution in [0.5, 0.6) is 5.75 Å². The van der Waals surface area contributed by atoms with Gasteiger partial charge in [-0.2, -0.15) is 13.2 Å². The molecule has 0 saturated heterocycles. The van der Waals surface area contributed by atoms with Crippen molar-refractivity contribution in [2.24, 2.45) is 0 Å². The van der Waals surface area contributed by atoms with E-state index in [-0.39, 0.29) is 11.0 Å². The maximum atomic E-state index is 12.2. The van der Waals surface area contributed by atoms with Crippen molar-refractivity contribution in [3.05, 3.63) is 24.2 Å². The highest BCUT2D eigenvalue weighted by Crippen LogP contribution is 2.35. The fourth-order valence-electron chi connectivity index (χ4n) is 1.09. The van der Waals surface area contributed by atoms with E-state index in [0.717, 1.165) is 12.3 Å². The molecular weight excluding hydrogens is 199 g/mol. The van der Waals surface area contributed by atoms with Gasteiger partial charge in [0.05, 0.1) is 6.20 Å². The first-order chi connectivity index (χ1) is 6.48. The molecule has 3 nitrogen and oxygen atoms in total. The maximum Gasteiger partial charge on any atom is 0.449 e. The number of alkyl halides is 3. The molecule has 0 spiro atoms. The van der Waals surface area contributed by atoms with Crippen molar-refractivity contribution in [2.45, 2.75) is 6.18 Å². The zero-order valence-corrected chi connectivity index (χ0v) is 6.67. The number of nitrogens with zero attached hydrogens (tertiary/aromatic N) is 1. The van der Waals surface area contributed by atoms with Gasteiger partial charge in [-0.3, -0.25) is 4.98 Å². The van der Waals surface area contributed by atoms with Gasteiger partial charge in [-0.25, -0.2) is 0 Å². The van der Waals surface area contributed by atoms with Gasteiger partial charge >= 0.3 is 6.18 Å². The summed E-state index contributed by atoms with van der Waals surface area (Å²) in [7, 11) is 0. The van der Waals surface area contributed by atoms with Gasteiger partial charge in [0.15, 0.2) is 11.3 Å². The van der Waals surface area contributed by atoms with Crippen molar-refractivity contribution in [3.63, 3.8) is 0 Å². The zero-order chi connectivity index (χ0) is 10.3. The van der Waals surface area contributed by atoms with Crippen LogP contribution in [0.2, 0.25) is 0 Å². The predicted octanol–water partition coefficient (Wildman–Crippen LogP) is 2.55. The highest BCUT2D eigenvalue weighted by molar-refractivity contribution is 5.82. The molecule has 0 aliphatic heterocycles. The number of aromatic nitrogens is 1. The molecule has 0 unspecified atom stereocenters. The molecular formula is C8H4F3NO2. The minimum absolute atomic E-state index is 0.123. The summed E-state index contributed by atoms with van der Waals surface area (Å²) >= 11 is 0. The molecule has 0 atom stereocenters. The van der Waals surface area contributed by atoms with Crippen LogP contribution in [0.4, 0.5) is 13.2 Å². The van der Waals surface area contributed by atoms with Gasteiger partial charge in [0.1, 0.15) is 0 Å². The summed E-state index contributed by atoms with van der Waals surface area (Å²) in [5.41, 5.74) is -0.202. The number of halogens is 3. The van der Waals surface area contributed by atoms with Gasteiger partial charge in [-0.15, -0.1) is 0 Å². The number of rotatable bonds is 0. The van der Waals surface area contributed by atoms with Gasteiger partial charge in [0, 0.05) is 11.6 Å². The number of aromatic hydroxyl groups is 1. The highest BCUT2D eigenvalue weighted by atomic mass is 19.4. The average Bonchev–Trinajstić information content (AvgIpc) is 2.48. The molecule has 2 aromatic heterocycles. The lowest BCUT2D eigenvalue weighted by molar-refractivity contribution is -0.152. The molecule has 2 aromatic rings. The van der Waals surface area contributed by atoms with Crippen molar-refractivity contribution >= 4 is 11.0 Å². The molecule has 2 rings (SSSR count). The Labute approximate surface area is 75.8 Å². The third kappa shape index (κ3) is 1.28. The number of pyridine rings is 1. The summed E-state index contributed by atoms with van der Waals surface area (Å²) in [6, 6.07) is 0.794. The van der Waals surface area contributed by atoms with Crippen molar-refractivity contribution < 1.29 is 22.7 Å². The fraction of sp³-hybridized carbons (Fsp3) is 0.125. The minimum atomic E-state index is -4.55. The van der Waals surface area contributed by atoms with Gasteiger partial charge in [-0.05, 0) is 6.07 Å². The Bertz CT molecular complexity index is 475. The molecule has 0 amide bonds. The van der Waals surface area contributed by atoms with Gasteiger partial charge in [0.25, 0.3) is 0 Å². The summed E-state index contributed by atoms with van der Waals surface area (Å²) in [5, 5.41) is 9.25. The van der Waals surface area contributed by atoms with Gasteiger partial charge in [-0.1, -0.05) is 0 Å². The monoisotopic (exact) mass is 203 g/mol. The first kappa shape index (κ1) is 8.86. The quantitative estimate of drug-likeness (QED) is 0.715. The Morgan fingerprint density at radius 3 is 2.57 bits per heavy atom. The van der Waals surface area contributed by atoms with E-state index in [9.17, 15) is 13.2 Å². The van der Waals surface area contributed by atoms with Crippen LogP contribution >= 0.6 is 0 Å². The number of hydrogen-bond donors (Lipinski definition) is 1. The Hall–Kier alpha value is -1.72. The Balaban J connectivity index is 2.69. The summed E-state index contributed by atoms with van der Waals surface area (Å²) in [5.74, 6) is -1.55. The van der Waals surface area contributed by atoms with Crippen LogP contribution in [-0.4, -0.2) is 10.1 Å². The molecule has 0 aliphatic carbocycles. The smallest absolute Gasteiger partial charge is 0.449 e.